The largest absolute Gasteiger partial charge is 0.477 e. The van der Waals surface area contributed by atoms with Crippen LogP contribution >= 0.6 is 0 Å². The van der Waals surface area contributed by atoms with E-state index in [4.69, 9.17) is 9.84 Å². The number of nitrogens with zero attached hydrogens (tertiary/aromatic N) is 1. The van der Waals surface area contributed by atoms with Crippen molar-refractivity contribution in [2.75, 3.05) is 18.5 Å². The Labute approximate surface area is 93.5 Å². The van der Waals surface area contributed by atoms with Crippen molar-refractivity contribution in [3.63, 3.8) is 0 Å². The molecule has 5 heteroatoms. The van der Waals surface area contributed by atoms with Gasteiger partial charge < -0.3 is 15.2 Å². The van der Waals surface area contributed by atoms with Gasteiger partial charge in [0.15, 0.2) is 0 Å². The molecule has 1 fully saturated rings. The van der Waals surface area contributed by atoms with Crippen LogP contribution in [-0.4, -0.2) is 35.3 Å². The minimum absolute atomic E-state index is 0.0572. The van der Waals surface area contributed by atoms with Crippen molar-refractivity contribution < 1.29 is 14.6 Å². The molecule has 2 N–H and O–H groups in total. The van der Waals surface area contributed by atoms with Gasteiger partial charge in [0.1, 0.15) is 5.69 Å². The summed E-state index contributed by atoms with van der Waals surface area (Å²) < 4.78 is 5.34. The molecule has 0 saturated carbocycles. The molecule has 0 bridgehead atoms. The summed E-state index contributed by atoms with van der Waals surface area (Å²) in [6.07, 6.45) is 3.58. The van der Waals surface area contributed by atoms with Crippen molar-refractivity contribution in [2.45, 2.75) is 18.9 Å². The van der Waals surface area contributed by atoms with E-state index in [2.05, 4.69) is 10.3 Å². The molecule has 1 aromatic heterocycles. The predicted molar refractivity (Wildman–Crippen MR) is 58.7 cm³/mol. The molecule has 1 saturated heterocycles. The third kappa shape index (κ3) is 2.70. The lowest BCUT2D eigenvalue weighted by atomic mass is 10.1. The van der Waals surface area contributed by atoms with Crippen LogP contribution in [-0.2, 0) is 4.74 Å². The highest BCUT2D eigenvalue weighted by Gasteiger charge is 2.14. The number of carboxylic acids is 1. The number of anilines is 1. The number of aromatic nitrogens is 1. The average molecular weight is 222 g/mol. The van der Waals surface area contributed by atoms with Gasteiger partial charge in [-0.2, -0.15) is 0 Å². The second-order valence-corrected chi connectivity index (χ2v) is 3.79. The van der Waals surface area contributed by atoms with Gasteiger partial charge in [-0.3, -0.25) is 0 Å². The molecule has 0 aliphatic carbocycles. The van der Waals surface area contributed by atoms with E-state index in [1.54, 1.807) is 6.07 Å². The van der Waals surface area contributed by atoms with E-state index in [9.17, 15) is 4.79 Å². The van der Waals surface area contributed by atoms with Gasteiger partial charge in [0.25, 0.3) is 0 Å². The van der Waals surface area contributed by atoms with Gasteiger partial charge in [0, 0.05) is 24.5 Å². The summed E-state index contributed by atoms with van der Waals surface area (Å²) in [5.41, 5.74) is 0.838. The number of pyridine rings is 1. The molecule has 86 valence electrons. The molecule has 0 amide bonds. The Hall–Kier alpha value is -1.62. The molecule has 0 aromatic carbocycles. The molecule has 1 unspecified atom stereocenters. The predicted octanol–water partition coefficient (Wildman–Crippen LogP) is 1.37. The van der Waals surface area contributed by atoms with E-state index in [0.717, 1.165) is 25.1 Å². The summed E-state index contributed by atoms with van der Waals surface area (Å²) in [4.78, 5) is 14.5. The Balaban J connectivity index is 2.02. The van der Waals surface area contributed by atoms with E-state index in [1.807, 2.05) is 0 Å². The zero-order valence-corrected chi connectivity index (χ0v) is 8.85. The van der Waals surface area contributed by atoms with E-state index in [1.165, 1.54) is 12.3 Å². The molecule has 2 heterocycles. The maximum Gasteiger partial charge on any atom is 0.354 e. The van der Waals surface area contributed by atoms with Crippen LogP contribution in [0.25, 0.3) is 0 Å². The van der Waals surface area contributed by atoms with Crippen molar-refractivity contribution in [3.8, 4) is 0 Å². The first-order valence-corrected chi connectivity index (χ1v) is 5.29. The van der Waals surface area contributed by atoms with E-state index >= 15 is 0 Å². The van der Waals surface area contributed by atoms with Crippen LogP contribution in [0, 0.1) is 0 Å². The van der Waals surface area contributed by atoms with Gasteiger partial charge in [0.2, 0.25) is 0 Å². The Bertz CT molecular complexity index is 375. The van der Waals surface area contributed by atoms with Crippen LogP contribution in [0.1, 0.15) is 23.3 Å². The first kappa shape index (κ1) is 10.9. The molecule has 0 spiro atoms. The number of hydrogen-bond acceptors (Lipinski definition) is 4. The van der Waals surface area contributed by atoms with Crippen LogP contribution in [0.2, 0.25) is 0 Å². The van der Waals surface area contributed by atoms with Crippen LogP contribution < -0.4 is 5.32 Å². The van der Waals surface area contributed by atoms with Crippen LogP contribution in [0.15, 0.2) is 18.3 Å². The number of ether oxygens (including phenoxy) is 1. The highest BCUT2D eigenvalue weighted by molar-refractivity contribution is 5.86. The summed E-state index contributed by atoms with van der Waals surface area (Å²) in [7, 11) is 0. The summed E-state index contributed by atoms with van der Waals surface area (Å²) in [5, 5.41) is 12.0. The highest BCUT2D eigenvalue weighted by Crippen LogP contribution is 2.14. The summed E-state index contributed by atoms with van der Waals surface area (Å²) in [5.74, 6) is -1.01. The molecule has 2 rings (SSSR count). The van der Waals surface area contributed by atoms with Gasteiger partial charge in [-0.15, -0.1) is 0 Å². The van der Waals surface area contributed by atoms with Crippen molar-refractivity contribution >= 4 is 11.7 Å². The second kappa shape index (κ2) is 4.94. The summed E-state index contributed by atoms with van der Waals surface area (Å²) >= 11 is 0. The Morgan fingerprint density at radius 2 is 2.50 bits per heavy atom. The Morgan fingerprint density at radius 3 is 3.19 bits per heavy atom. The maximum atomic E-state index is 10.7. The number of rotatable bonds is 3. The minimum Gasteiger partial charge on any atom is -0.477 e. The summed E-state index contributed by atoms with van der Waals surface area (Å²) in [6.45, 7) is 1.49. The molecule has 16 heavy (non-hydrogen) atoms. The number of hydrogen-bond donors (Lipinski definition) is 2. The number of carboxylic acid groups (broad SMARTS) is 1. The summed E-state index contributed by atoms with van der Waals surface area (Å²) in [6, 6.07) is 3.57. The SMILES string of the molecule is O=C(O)c1cc(NC2CCCOC2)ccn1. The smallest absolute Gasteiger partial charge is 0.354 e. The van der Waals surface area contributed by atoms with Crippen molar-refractivity contribution in [2.24, 2.45) is 0 Å². The number of nitrogens with one attached hydrogen (secondary N) is 1. The molecule has 1 aliphatic heterocycles. The van der Waals surface area contributed by atoms with Crippen LogP contribution in [0.5, 0.6) is 0 Å². The Morgan fingerprint density at radius 1 is 1.62 bits per heavy atom. The molecule has 1 atom stereocenters. The average Bonchev–Trinajstić information content (AvgIpc) is 2.30. The van der Waals surface area contributed by atoms with Crippen molar-refractivity contribution in [1.82, 2.24) is 4.98 Å². The van der Waals surface area contributed by atoms with Crippen LogP contribution in [0.4, 0.5) is 5.69 Å². The lowest BCUT2D eigenvalue weighted by Crippen LogP contribution is -2.30. The van der Waals surface area contributed by atoms with E-state index in [0.29, 0.717) is 6.61 Å². The van der Waals surface area contributed by atoms with Crippen molar-refractivity contribution in [3.05, 3.63) is 24.0 Å². The number of aromatic carboxylic acids is 1. The highest BCUT2D eigenvalue weighted by atomic mass is 16.5. The third-order valence-electron chi connectivity index (χ3n) is 2.51. The normalized spacial score (nSPS) is 20.4. The second-order valence-electron chi connectivity index (χ2n) is 3.79. The quantitative estimate of drug-likeness (QED) is 0.808. The monoisotopic (exact) mass is 222 g/mol. The molecule has 0 radical (unpaired) electrons. The molecule has 1 aliphatic rings. The van der Waals surface area contributed by atoms with E-state index in [-0.39, 0.29) is 11.7 Å². The third-order valence-corrected chi connectivity index (χ3v) is 2.51. The van der Waals surface area contributed by atoms with Gasteiger partial charge in [-0.05, 0) is 25.0 Å². The lowest BCUT2D eigenvalue weighted by molar-refractivity contribution is 0.0690. The zero-order chi connectivity index (χ0) is 11.4. The molecular weight excluding hydrogens is 208 g/mol. The van der Waals surface area contributed by atoms with Gasteiger partial charge in [-0.1, -0.05) is 0 Å². The zero-order valence-electron chi connectivity index (χ0n) is 8.85. The lowest BCUT2D eigenvalue weighted by Gasteiger charge is -2.24. The standard InChI is InChI=1S/C11H14N2O3/c14-11(15)10-6-8(3-4-12-10)13-9-2-1-5-16-7-9/h3-4,6,9H,1-2,5,7H2,(H,12,13)(H,14,15). The van der Waals surface area contributed by atoms with Crippen LogP contribution in [0.3, 0.4) is 0 Å². The molecular formula is C11H14N2O3. The fourth-order valence-corrected chi connectivity index (χ4v) is 1.73. The minimum atomic E-state index is -1.01. The topological polar surface area (TPSA) is 71.5 Å². The van der Waals surface area contributed by atoms with Crippen molar-refractivity contribution in [1.29, 1.82) is 0 Å². The Kier molecular flexibility index (Phi) is 3.36. The van der Waals surface area contributed by atoms with Gasteiger partial charge in [0.05, 0.1) is 6.61 Å². The molecule has 1 aromatic rings. The van der Waals surface area contributed by atoms with E-state index < -0.39 is 5.97 Å². The maximum absolute atomic E-state index is 10.7. The van der Waals surface area contributed by atoms with Gasteiger partial charge in [-0.25, -0.2) is 9.78 Å². The molecule has 5 nitrogen and oxygen atoms in total. The number of carbonyl (C=O) groups is 1. The fraction of sp³-hybridized carbons (Fsp3) is 0.455. The fourth-order valence-electron chi connectivity index (χ4n) is 1.73. The first-order chi connectivity index (χ1) is 7.75. The first-order valence-electron chi connectivity index (χ1n) is 5.29. The van der Waals surface area contributed by atoms with Gasteiger partial charge >= 0.3 is 5.97 Å².